The predicted molar refractivity (Wildman–Crippen MR) is 59.9 cm³/mol. The smallest absolute Gasteiger partial charge is 0.326 e. The fourth-order valence-corrected chi connectivity index (χ4v) is 1.78. The van der Waals surface area contributed by atoms with Crippen molar-refractivity contribution in [2.75, 3.05) is 13.2 Å². The number of nitriles is 1. The summed E-state index contributed by atoms with van der Waals surface area (Å²) >= 11 is 0. The summed E-state index contributed by atoms with van der Waals surface area (Å²) in [7, 11) is 0. The number of carbonyl (C=O) groups is 1. The Kier molecular flexibility index (Phi) is 4.12. The lowest BCUT2D eigenvalue weighted by Crippen LogP contribution is -2.34. The molecule has 1 aliphatic rings. The van der Waals surface area contributed by atoms with Gasteiger partial charge in [-0.2, -0.15) is 5.26 Å². The van der Waals surface area contributed by atoms with Crippen LogP contribution in [-0.4, -0.2) is 31.1 Å². The van der Waals surface area contributed by atoms with Crippen LogP contribution in [0.3, 0.4) is 0 Å². The fraction of sp³-hybridized carbons (Fsp3) is 0.833. The Hall–Kier alpha value is -1.12. The van der Waals surface area contributed by atoms with E-state index in [9.17, 15) is 4.79 Å². The van der Waals surface area contributed by atoms with Crippen LogP contribution >= 0.6 is 0 Å². The largest absolute Gasteiger partial charge is 0.465 e. The molecule has 0 aliphatic carbocycles. The average Bonchev–Trinajstić information content (AvgIpc) is 2.58. The van der Waals surface area contributed by atoms with Gasteiger partial charge in [0.05, 0.1) is 25.4 Å². The zero-order chi connectivity index (χ0) is 13.1. The Morgan fingerprint density at radius 3 is 2.71 bits per heavy atom. The first-order valence-corrected chi connectivity index (χ1v) is 5.73. The molecule has 1 heterocycles. The van der Waals surface area contributed by atoms with Crippen LogP contribution in [0.5, 0.6) is 0 Å². The third kappa shape index (κ3) is 3.42. The Balaban J connectivity index is 2.65. The molecule has 0 N–H and O–H groups in total. The standard InChI is InChI=1S/C12H19NO4/c1-5-15-10(14)12(4,8-13)6-9-7-16-11(2,3)17-9/h9H,5-7H2,1-4H3/t9-,12+/m0/s1. The van der Waals surface area contributed by atoms with E-state index < -0.39 is 17.2 Å². The van der Waals surface area contributed by atoms with Crippen LogP contribution in [0.15, 0.2) is 0 Å². The molecule has 5 nitrogen and oxygen atoms in total. The second-order valence-corrected chi connectivity index (χ2v) is 4.82. The summed E-state index contributed by atoms with van der Waals surface area (Å²) in [5.74, 6) is -1.15. The summed E-state index contributed by atoms with van der Waals surface area (Å²) in [4.78, 5) is 11.7. The highest BCUT2D eigenvalue weighted by Gasteiger charge is 2.42. The highest BCUT2D eigenvalue weighted by Crippen LogP contribution is 2.32. The van der Waals surface area contributed by atoms with E-state index in [1.165, 1.54) is 0 Å². The molecule has 1 rings (SSSR count). The van der Waals surface area contributed by atoms with Gasteiger partial charge in [0.15, 0.2) is 11.2 Å². The summed E-state index contributed by atoms with van der Waals surface area (Å²) in [6.07, 6.45) is 0.0326. The molecule has 0 amide bonds. The van der Waals surface area contributed by atoms with Crippen LogP contribution in [0.1, 0.15) is 34.1 Å². The Morgan fingerprint density at radius 2 is 2.29 bits per heavy atom. The van der Waals surface area contributed by atoms with Crippen molar-refractivity contribution in [3.05, 3.63) is 0 Å². The lowest BCUT2D eigenvalue weighted by Gasteiger charge is -2.23. The van der Waals surface area contributed by atoms with Gasteiger partial charge in [-0.05, 0) is 27.7 Å². The molecule has 0 unspecified atom stereocenters. The normalized spacial score (nSPS) is 25.9. The van der Waals surface area contributed by atoms with Crippen molar-refractivity contribution >= 4 is 5.97 Å². The van der Waals surface area contributed by atoms with Crippen molar-refractivity contribution in [3.63, 3.8) is 0 Å². The van der Waals surface area contributed by atoms with E-state index in [4.69, 9.17) is 19.5 Å². The van der Waals surface area contributed by atoms with Crippen LogP contribution in [0, 0.1) is 16.7 Å². The molecule has 17 heavy (non-hydrogen) atoms. The van der Waals surface area contributed by atoms with Crippen molar-refractivity contribution < 1.29 is 19.0 Å². The van der Waals surface area contributed by atoms with Crippen LogP contribution in [0.2, 0.25) is 0 Å². The van der Waals surface area contributed by atoms with Gasteiger partial charge in [-0.3, -0.25) is 4.79 Å². The highest BCUT2D eigenvalue weighted by molar-refractivity contribution is 5.79. The van der Waals surface area contributed by atoms with E-state index in [1.807, 2.05) is 6.07 Å². The quantitative estimate of drug-likeness (QED) is 0.699. The number of hydrogen-bond acceptors (Lipinski definition) is 5. The summed E-state index contributed by atoms with van der Waals surface area (Å²) < 4.78 is 15.9. The molecule has 0 spiro atoms. The van der Waals surface area contributed by atoms with Crippen LogP contribution in [-0.2, 0) is 19.0 Å². The zero-order valence-electron chi connectivity index (χ0n) is 10.8. The molecular formula is C12H19NO4. The van der Waals surface area contributed by atoms with Gasteiger partial charge in [-0.15, -0.1) is 0 Å². The van der Waals surface area contributed by atoms with Crippen molar-refractivity contribution in [2.45, 2.75) is 46.0 Å². The molecule has 0 aromatic heterocycles. The number of hydrogen-bond donors (Lipinski definition) is 0. The Labute approximate surface area is 102 Å². The Morgan fingerprint density at radius 1 is 1.65 bits per heavy atom. The lowest BCUT2D eigenvalue weighted by molar-refractivity contribution is -0.157. The Bertz CT molecular complexity index is 334. The minimum Gasteiger partial charge on any atom is -0.465 e. The zero-order valence-corrected chi connectivity index (χ0v) is 10.8. The van der Waals surface area contributed by atoms with E-state index in [0.717, 1.165) is 0 Å². The van der Waals surface area contributed by atoms with Gasteiger partial charge < -0.3 is 14.2 Å². The minimum absolute atomic E-state index is 0.251. The van der Waals surface area contributed by atoms with E-state index in [0.29, 0.717) is 6.61 Å². The van der Waals surface area contributed by atoms with Gasteiger partial charge in [0, 0.05) is 6.42 Å². The average molecular weight is 241 g/mol. The van der Waals surface area contributed by atoms with Gasteiger partial charge in [-0.1, -0.05) is 0 Å². The van der Waals surface area contributed by atoms with Gasteiger partial charge in [0.25, 0.3) is 0 Å². The van der Waals surface area contributed by atoms with Crippen molar-refractivity contribution in [1.82, 2.24) is 0 Å². The van der Waals surface area contributed by atoms with Crippen LogP contribution in [0.25, 0.3) is 0 Å². The van der Waals surface area contributed by atoms with Crippen LogP contribution < -0.4 is 0 Å². The van der Waals surface area contributed by atoms with Crippen molar-refractivity contribution in [3.8, 4) is 6.07 Å². The molecule has 1 saturated heterocycles. The number of rotatable bonds is 4. The molecular weight excluding hydrogens is 222 g/mol. The van der Waals surface area contributed by atoms with E-state index in [1.54, 1.807) is 27.7 Å². The SMILES string of the molecule is CCOC(=O)[C@@](C)(C#N)C[C@H]1COC(C)(C)O1. The molecule has 0 aromatic carbocycles. The summed E-state index contributed by atoms with van der Waals surface area (Å²) in [5, 5.41) is 9.13. The first-order valence-electron chi connectivity index (χ1n) is 5.73. The first-order chi connectivity index (χ1) is 7.83. The molecule has 0 radical (unpaired) electrons. The molecule has 1 fully saturated rings. The molecule has 1 aliphatic heterocycles. The number of nitrogens with zero attached hydrogens (tertiary/aromatic N) is 1. The van der Waals surface area contributed by atoms with E-state index >= 15 is 0 Å². The number of carbonyl (C=O) groups excluding carboxylic acids is 1. The first kappa shape index (κ1) is 13.9. The molecule has 96 valence electrons. The molecule has 0 bridgehead atoms. The molecule has 5 heteroatoms. The second-order valence-electron chi connectivity index (χ2n) is 4.82. The third-order valence-corrected chi connectivity index (χ3v) is 2.68. The summed E-state index contributed by atoms with van der Waals surface area (Å²) in [6, 6.07) is 2.01. The minimum atomic E-state index is -1.18. The maximum Gasteiger partial charge on any atom is 0.326 e. The maximum atomic E-state index is 11.7. The monoisotopic (exact) mass is 241 g/mol. The van der Waals surface area contributed by atoms with Gasteiger partial charge in [-0.25, -0.2) is 0 Å². The van der Waals surface area contributed by atoms with Gasteiger partial charge >= 0.3 is 5.97 Å². The molecule has 0 aromatic rings. The topological polar surface area (TPSA) is 68.6 Å². The molecule has 0 saturated carbocycles. The predicted octanol–water partition coefficient (Wildman–Crippen LogP) is 1.62. The van der Waals surface area contributed by atoms with Gasteiger partial charge in [0.1, 0.15) is 0 Å². The summed E-state index contributed by atoms with van der Waals surface area (Å²) in [5.41, 5.74) is -1.18. The van der Waals surface area contributed by atoms with Crippen molar-refractivity contribution in [1.29, 1.82) is 5.26 Å². The number of esters is 1. The van der Waals surface area contributed by atoms with Crippen molar-refractivity contribution in [2.24, 2.45) is 5.41 Å². The second kappa shape index (κ2) is 5.03. The maximum absolute atomic E-state index is 11.7. The lowest BCUT2D eigenvalue weighted by atomic mass is 9.86. The third-order valence-electron chi connectivity index (χ3n) is 2.68. The molecule has 2 atom stereocenters. The number of ether oxygens (including phenoxy) is 3. The van der Waals surface area contributed by atoms with Gasteiger partial charge in [0.2, 0.25) is 0 Å². The summed E-state index contributed by atoms with van der Waals surface area (Å²) in [6.45, 7) is 7.56. The fourth-order valence-electron chi connectivity index (χ4n) is 1.78. The van der Waals surface area contributed by atoms with E-state index in [-0.39, 0.29) is 19.1 Å². The van der Waals surface area contributed by atoms with E-state index in [2.05, 4.69) is 0 Å². The van der Waals surface area contributed by atoms with Crippen LogP contribution in [0.4, 0.5) is 0 Å². The highest BCUT2D eigenvalue weighted by atomic mass is 16.7.